The van der Waals surface area contributed by atoms with Crippen molar-refractivity contribution in [1.29, 1.82) is 0 Å². The zero-order chi connectivity index (χ0) is 14.5. The summed E-state index contributed by atoms with van der Waals surface area (Å²) < 4.78 is 24.2. The van der Waals surface area contributed by atoms with Gasteiger partial charge in [-0.1, -0.05) is 6.92 Å². The molecule has 3 N–H and O–H groups in total. The lowest BCUT2D eigenvalue weighted by Crippen LogP contribution is -2.28. The van der Waals surface area contributed by atoms with Crippen molar-refractivity contribution in [3.05, 3.63) is 22.4 Å². The standard InChI is InChI=1S/C11H18BrN3O3S/c1-2-5-15-8-9(12)7-10(15)11(16)14-4-3-6-19(13,17)18/h7-8H,2-6H2,1H3,(H,14,16)(H2,13,17,18). The molecular weight excluding hydrogens is 334 g/mol. The van der Waals surface area contributed by atoms with E-state index in [1.165, 1.54) is 0 Å². The van der Waals surface area contributed by atoms with Crippen molar-refractivity contribution in [2.45, 2.75) is 26.3 Å². The van der Waals surface area contributed by atoms with E-state index in [0.29, 0.717) is 12.1 Å². The summed E-state index contributed by atoms with van der Waals surface area (Å²) in [4.78, 5) is 11.9. The van der Waals surface area contributed by atoms with Gasteiger partial charge in [-0.15, -0.1) is 0 Å². The predicted molar refractivity (Wildman–Crippen MR) is 77.3 cm³/mol. The molecule has 1 heterocycles. The number of aryl methyl sites for hydroxylation is 1. The van der Waals surface area contributed by atoms with E-state index in [4.69, 9.17) is 5.14 Å². The third-order valence-electron chi connectivity index (χ3n) is 2.45. The van der Waals surface area contributed by atoms with Crippen LogP contribution in [0.25, 0.3) is 0 Å². The van der Waals surface area contributed by atoms with E-state index >= 15 is 0 Å². The van der Waals surface area contributed by atoms with Crippen LogP contribution in [0.1, 0.15) is 30.3 Å². The van der Waals surface area contributed by atoms with Gasteiger partial charge in [0.25, 0.3) is 5.91 Å². The molecule has 1 amide bonds. The Morgan fingerprint density at radius 2 is 2.21 bits per heavy atom. The van der Waals surface area contributed by atoms with Crippen molar-refractivity contribution in [2.24, 2.45) is 5.14 Å². The molecule has 1 aromatic rings. The van der Waals surface area contributed by atoms with Crippen molar-refractivity contribution >= 4 is 31.9 Å². The molecule has 8 heteroatoms. The van der Waals surface area contributed by atoms with E-state index in [2.05, 4.69) is 21.2 Å². The van der Waals surface area contributed by atoms with Crippen molar-refractivity contribution in [1.82, 2.24) is 9.88 Å². The van der Waals surface area contributed by atoms with E-state index in [1.807, 2.05) is 17.7 Å². The number of primary sulfonamides is 1. The summed E-state index contributed by atoms with van der Waals surface area (Å²) in [6, 6.07) is 1.74. The lowest BCUT2D eigenvalue weighted by Gasteiger charge is -2.08. The number of carbonyl (C=O) groups excluding carboxylic acids is 1. The number of halogens is 1. The number of hydrogen-bond acceptors (Lipinski definition) is 3. The molecule has 0 aromatic carbocycles. The summed E-state index contributed by atoms with van der Waals surface area (Å²) in [6.07, 6.45) is 3.08. The molecule has 0 bridgehead atoms. The number of nitrogens with zero attached hydrogens (tertiary/aromatic N) is 1. The average Bonchev–Trinajstić information content (AvgIpc) is 2.65. The number of nitrogens with one attached hydrogen (secondary N) is 1. The SMILES string of the molecule is CCCn1cc(Br)cc1C(=O)NCCCS(N)(=O)=O. The van der Waals surface area contributed by atoms with Crippen molar-refractivity contribution in [3.8, 4) is 0 Å². The predicted octanol–water partition coefficient (Wildman–Crippen LogP) is 1.07. The molecular formula is C11H18BrN3O3S. The second-order valence-corrected chi connectivity index (χ2v) is 6.86. The Hall–Kier alpha value is -0.860. The summed E-state index contributed by atoms with van der Waals surface area (Å²) in [5.74, 6) is -0.346. The molecule has 0 saturated carbocycles. The number of sulfonamides is 1. The number of nitrogens with two attached hydrogens (primary N) is 1. The smallest absolute Gasteiger partial charge is 0.267 e. The zero-order valence-corrected chi connectivity index (χ0v) is 13.1. The van der Waals surface area contributed by atoms with E-state index in [1.54, 1.807) is 6.07 Å². The molecule has 1 rings (SSSR count). The van der Waals surface area contributed by atoms with Crippen LogP contribution < -0.4 is 10.5 Å². The molecule has 0 unspecified atom stereocenters. The van der Waals surface area contributed by atoms with Crippen molar-refractivity contribution in [2.75, 3.05) is 12.3 Å². The van der Waals surface area contributed by atoms with Gasteiger partial charge in [-0.25, -0.2) is 13.6 Å². The van der Waals surface area contributed by atoms with Gasteiger partial charge in [-0.2, -0.15) is 0 Å². The summed E-state index contributed by atoms with van der Waals surface area (Å²) in [5.41, 5.74) is 0.560. The van der Waals surface area contributed by atoms with Gasteiger partial charge in [0.05, 0.1) is 5.75 Å². The summed E-state index contributed by atoms with van der Waals surface area (Å²) >= 11 is 3.33. The van der Waals surface area contributed by atoms with Crippen LogP contribution in [-0.2, 0) is 16.6 Å². The highest BCUT2D eigenvalue weighted by Crippen LogP contribution is 2.15. The fourth-order valence-electron chi connectivity index (χ4n) is 1.66. The van der Waals surface area contributed by atoms with E-state index in [9.17, 15) is 13.2 Å². The minimum Gasteiger partial charge on any atom is -0.351 e. The first-order valence-electron chi connectivity index (χ1n) is 5.98. The van der Waals surface area contributed by atoms with Crippen LogP contribution in [-0.4, -0.2) is 31.2 Å². The second kappa shape index (κ2) is 7.06. The van der Waals surface area contributed by atoms with Crippen molar-refractivity contribution in [3.63, 3.8) is 0 Å². The summed E-state index contributed by atoms with van der Waals surface area (Å²) in [5, 5.41) is 7.56. The molecule has 108 valence electrons. The first-order valence-corrected chi connectivity index (χ1v) is 8.48. The van der Waals surface area contributed by atoms with Gasteiger partial charge in [-0.3, -0.25) is 4.79 Å². The highest BCUT2D eigenvalue weighted by atomic mass is 79.9. The van der Waals surface area contributed by atoms with Gasteiger partial charge in [0.1, 0.15) is 5.69 Å². The van der Waals surface area contributed by atoms with Crippen LogP contribution in [0, 0.1) is 0 Å². The lowest BCUT2D eigenvalue weighted by molar-refractivity contribution is 0.0944. The van der Waals surface area contributed by atoms with Gasteiger partial charge < -0.3 is 9.88 Å². The van der Waals surface area contributed by atoms with Crippen molar-refractivity contribution < 1.29 is 13.2 Å². The highest BCUT2D eigenvalue weighted by Gasteiger charge is 2.12. The van der Waals surface area contributed by atoms with Crippen LogP contribution in [0.5, 0.6) is 0 Å². The van der Waals surface area contributed by atoms with E-state index in [-0.39, 0.29) is 18.2 Å². The molecule has 0 spiro atoms. The molecule has 0 atom stereocenters. The number of amides is 1. The van der Waals surface area contributed by atoms with Crippen LogP contribution in [0.3, 0.4) is 0 Å². The number of carbonyl (C=O) groups is 1. The minimum absolute atomic E-state index is 0.132. The number of hydrogen-bond donors (Lipinski definition) is 2. The Labute approximate surface area is 121 Å². The minimum atomic E-state index is -3.46. The first-order chi connectivity index (χ1) is 8.83. The van der Waals surface area contributed by atoms with Crippen LogP contribution >= 0.6 is 15.9 Å². The normalized spacial score (nSPS) is 11.5. The third-order valence-corrected chi connectivity index (χ3v) is 3.74. The van der Waals surface area contributed by atoms with Gasteiger partial charge >= 0.3 is 0 Å². The lowest BCUT2D eigenvalue weighted by atomic mass is 10.3. The molecule has 0 aliphatic heterocycles. The quantitative estimate of drug-likeness (QED) is 0.719. The summed E-state index contributed by atoms with van der Waals surface area (Å²) in [7, 11) is -3.46. The Morgan fingerprint density at radius 1 is 1.53 bits per heavy atom. The van der Waals surface area contributed by atoms with Gasteiger partial charge in [0, 0.05) is 23.8 Å². The van der Waals surface area contributed by atoms with Gasteiger partial charge in [-0.05, 0) is 34.8 Å². The Bertz CT molecular complexity index is 539. The maximum atomic E-state index is 11.9. The van der Waals surface area contributed by atoms with E-state index in [0.717, 1.165) is 17.4 Å². The van der Waals surface area contributed by atoms with Crippen LogP contribution in [0.4, 0.5) is 0 Å². The summed E-state index contributed by atoms with van der Waals surface area (Å²) in [6.45, 7) is 3.07. The highest BCUT2D eigenvalue weighted by molar-refractivity contribution is 9.10. The fourth-order valence-corrected chi connectivity index (χ4v) is 2.67. The second-order valence-electron chi connectivity index (χ2n) is 4.21. The number of aromatic nitrogens is 1. The van der Waals surface area contributed by atoms with Crippen LogP contribution in [0.2, 0.25) is 0 Å². The van der Waals surface area contributed by atoms with Gasteiger partial charge in [0.15, 0.2) is 0 Å². The molecule has 6 nitrogen and oxygen atoms in total. The number of rotatable bonds is 7. The molecule has 0 aliphatic rings. The topological polar surface area (TPSA) is 94.2 Å². The first kappa shape index (κ1) is 16.2. The molecule has 19 heavy (non-hydrogen) atoms. The average molecular weight is 352 g/mol. The molecule has 0 radical (unpaired) electrons. The fraction of sp³-hybridized carbons (Fsp3) is 0.545. The zero-order valence-electron chi connectivity index (χ0n) is 10.7. The third kappa shape index (κ3) is 5.75. The molecule has 0 fully saturated rings. The maximum absolute atomic E-state index is 11.9. The maximum Gasteiger partial charge on any atom is 0.267 e. The molecule has 0 aliphatic carbocycles. The molecule has 1 aromatic heterocycles. The Kier molecular flexibility index (Phi) is 6.02. The monoisotopic (exact) mass is 351 g/mol. The van der Waals surface area contributed by atoms with Crippen LogP contribution in [0.15, 0.2) is 16.7 Å². The largest absolute Gasteiger partial charge is 0.351 e. The Balaban J connectivity index is 2.54. The Morgan fingerprint density at radius 3 is 2.79 bits per heavy atom. The van der Waals surface area contributed by atoms with E-state index < -0.39 is 10.0 Å². The molecule has 0 saturated heterocycles. The van der Waals surface area contributed by atoms with Gasteiger partial charge in [0.2, 0.25) is 10.0 Å².